The van der Waals surface area contributed by atoms with E-state index in [1.807, 2.05) is 6.07 Å². The topological polar surface area (TPSA) is 124 Å². The lowest BCUT2D eigenvalue weighted by atomic mass is 10.1. The second kappa shape index (κ2) is 9.04. The fourth-order valence-electron chi connectivity index (χ4n) is 2.15. The minimum atomic E-state index is -0.863. The number of carbonyl (C=O) groups excluding carboxylic acids is 4. The van der Waals surface area contributed by atoms with Crippen LogP contribution in [0, 0.1) is 6.92 Å². The highest BCUT2D eigenvalue weighted by Crippen LogP contribution is 2.18. The van der Waals surface area contributed by atoms with Crippen LogP contribution in [0.4, 0.5) is 0 Å². The van der Waals surface area contributed by atoms with Crippen molar-refractivity contribution < 1.29 is 38.6 Å². The molecule has 0 bridgehead atoms. The molecule has 0 unspecified atom stereocenters. The zero-order chi connectivity index (χ0) is 20.7. The molecule has 0 radical (unpaired) electrons. The van der Waals surface area contributed by atoms with Gasteiger partial charge in [0.05, 0.1) is 16.7 Å². The minimum absolute atomic E-state index is 0.359. The number of carboxylic acid groups (broad SMARTS) is 1. The van der Waals surface area contributed by atoms with Crippen LogP contribution in [0.25, 0.3) is 0 Å². The monoisotopic (exact) mass is 382 g/mol. The molecule has 0 amide bonds. The molecule has 0 spiro atoms. The second-order valence-electron chi connectivity index (χ2n) is 5.42. The van der Waals surface area contributed by atoms with Gasteiger partial charge in [-0.3, -0.25) is 0 Å². The normalized spacial score (nSPS) is 13.5. The standard InChI is InChI=1S/C8H4O3.C8H8O2.C4H2O3/c9-7-5-3-1-2-4-6(5)8(10)11-7;1-6-4-2-3-5-7(6)8(9)10;5-3-1-2-4(6)7-3/h1-4H;2-5H,1H3,(H,9,10);1-2H. The number of cyclic esters (lactones) is 4. The summed E-state index contributed by atoms with van der Waals surface area (Å²) >= 11 is 0. The molecule has 1 N–H and O–H groups in total. The highest BCUT2D eigenvalue weighted by molar-refractivity contribution is 6.14. The molecule has 4 rings (SSSR count). The number of rotatable bonds is 1. The van der Waals surface area contributed by atoms with E-state index in [0.29, 0.717) is 16.7 Å². The minimum Gasteiger partial charge on any atom is -0.478 e. The quantitative estimate of drug-likeness (QED) is 0.589. The summed E-state index contributed by atoms with van der Waals surface area (Å²) in [6.45, 7) is 1.78. The number of aromatic carboxylic acids is 1. The third-order valence-electron chi connectivity index (χ3n) is 3.48. The number of carboxylic acids is 1. The van der Waals surface area contributed by atoms with Crippen molar-refractivity contribution in [2.75, 3.05) is 0 Å². The van der Waals surface area contributed by atoms with E-state index in [4.69, 9.17) is 5.11 Å². The highest BCUT2D eigenvalue weighted by atomic mass is 16.6. The molecule has 0 aromatic heterocycles. The molecular formula is C20H14O8. The van der Waals surface area contributed by atoms with Crippen molar-refractivity contribution in [1.29, 1.82) is 0 Å². The fraction of sp³-hybridized carbons (Fsp3) is 0.0500. The zero-order valence-electron chi connectivity index (χ0n) is 14.6. The van der Waals surface area contributed by atoms with Crippen molar-refractivity contribution in [3.8, 4) is 0 Å². The van der Waals surface area contributed by atoms with Gasteiger partial charge in [0.1, 0.15) is 0 Å². The van der Waals surface area contributed by atoms with E-state index in [2.05, 4.69) is 9.47 Å². The van der Waals surface area contributed by atoms with Crippen molar-refractivity contribution in [3.05, 3.63) is 82.9 Å². The first-order valence-electron chi connectivity index (χ1n) is 7.88. The first-order valence-corrected chi connectivity index (χ1v) is 7.88. The van der Waals surface area contributed by atoms with Crippen molar-refractivity contribution >= 4 is 29.8 Å². The summed E-state index contributed by atoms with van der Waals surface area (Å²) in [5, 5.41) is 8.57. The van der Waals surface area contributed by atoms with Gasteiger partial charge in [-0.15, -0.1) is 0 Å². The lowest BCUT2D eigenvalue weighted by molar-refractivity contribution is -0.150. The molecule has 142 valence electrons. The molecular weight excluding hydrogens is 368 g/mol. The smallest absolute Gasteiger partial charge is 0.346 e. The Morgan fingerprint density at radius 2 is 1.21 bits per heavy atom. The number of ether oxygens (including phenoxy) is 2. The highest BCUT2D eigenvalue weighted by Gasteiger charge is 2.28. The third kappa shape index (κ3) is 5.21. The Bertz CT molecular complexity index is 938. The van der Waals surface area contributed by atoms with Crippen molar-refractivity contribution in [2.45, 2.75) is 6.92 Å². The van der Waals surface area contributed by atoms with Crippen LogP contribution in [-0.2, 0) is 19.1 Å². The number of hydrogen-bond donors (Lipinski definition) is 1. The van der Waals surface area contributed by atoms with Gasteiger partial charge in [-0.25, -0.2) is 24.0 Å². The van der Waals surface area contributed by atoms with E-state index in [9.17, 15) is 24.0 Å². The van der Waals surface area contributed by atoms with E-state index in [0.717, 1.165) is 17.7 Å². The summed E-state index contributed by atoms with van der Waals surface area (Å²) in [5.74, 6) is -3.12. The molecule has 2 aromatic rings. The van der Waals surface area contributed by atoms with Crippen LogP contribution in [0.15, 0.2) is 60.7 Å². The van der Waals surface area contributed by atoms with E-state index >= 15 is 0 Å². The number of fused-ring (bicyclic) bond motifs is 1. The second-order valence-corrected chi connectivity index (χ2v) is 5.42. The van der Waals surface area contributed by atoms with Crippen LogP contribution in [0.3, 0.4) is 0 Å². The fourth-order valence-corrected chi connectivity index (χ4v) is 2.15. The Morgan fingerprint density at radius 3 is 1.57 bits per heavy atom. The van der Waals surface area contributed by atoms with E-state index in [1.54, 1.807) is 49.4 Å². The van der Waals surface area contributed by atoms with Crippen molar-refractivity contribution in [3.63, 3.8) is 0 Å². The summed E-state index contributed by atoms with van der Waals surface area (Å²) in [4.78, 5) is 51.9. The van der Waals surface area contributed by atoms with Gasteiger partial charge in [0.2, 0.25) is 0 Å². The largest absolute Gasteiger partial charge is 0.478 e. The Morgan fingerprint density at radius 1 is 0.750 bits per heavy atom. The van der Waals surface area contributed by atoms with Gasteiger partial charge in [-0.05, 0) is 30.7 Å². The first kappa shape index (κ1) is 20.2. The predicted octanol–water partition coefficient (Wildman–Crippen LogP) is 2.32. The van der Waals surface area contributed by atoms with Crippen LogP contribution in [0.1, 0.15) is 36.6 Å². The van der Waals surface area contributed by atoms with Crippen molar-refractivity contribution in [2.24, 2.45) is 0 Å². The lowest BCUT2D eigenvalue weighted by Gasteiger charge is -1.96. The Labute approximate surface area is 159 Å². The van der Waals surface area contributed by atoms with Crippen molar-refractivity contribution in [1.82, 2.24) is 0 Å². The molecule has 2 aliphatic heterocycles. The van der Waals surface area contributed by atoms with E-state index in [1.165, 1.54) is 0 Å². The predicted molar refractivity (Wildman–Crippen MR) is 94.6 cm³/mol. The molecule has 0 atom stereocenters. The maximum absolute atomic E-state index is 10.8. The molecule has 0 saturated heterocycles. The molecule has 2 aliphatic rings. The summed E-state index contributed by atoms with van der Waals surface area (Å²) < 4.78 is 8.33. The molecule has 8 nitrogen and oxygen atoms in total. The zero-order valence-corrected chi connectivity index (χ0v) is 14.6. The Kier molecular flexibility index (Phi) is 6.53. The van der Waals surface area contributed by atoms with Gasteiger partial charge < -0.3 is 14.6 Å². The van der Waals surface area contributed by atoms with Gasteiger partial charge in [0.15, 0.2) is 0 Å². The Hall–Kier alpha value is -4.07. The number of carbonyl (C=O) groups is 5. The van der Waals surface area contributed by atoms with Crippen LogP contribution in [0.5, 0.6) is 0 Å². The lowest BCUT2D eigenvalue weighted by Crippen LogP contribution is -1.97. The van der Waals surface area contributed by atoms with Gasteiger partial charge in [0.25, 0.3) is 0 Å². The number of benzene rings is 2. The maximum atomic E-state index is 10.8. The third-order valence-corrected chi connectivity index (χ3v) is 3.48. The summed E-state index contributed by atoms with van der Waals surface area (Å²) in [6.07, 6.45) is 2.17. The number of hydrogen-bond acceptors (Lipinski definition) is 7. The van der Waals surface area contributed by atoms with Gasteiger partial charge >= 0.3 is 29.8 Å². The van der Waals surface area contributed by atoms with E-state index < -0.39 is 29.8 Å². The molecule has 0 fully saturated rings. The maximum Gasteiger partial charge on any atom is 0.346 e. The van der Waals surface area contributed by atoms with Crippen LogP contribution >= 0.6 is 0 Å². The van der Waals surface area contributed by atoms with Gasteiger partial charge in [0, 0.05) is 12.2 Å². The van der Waals surface area contributed by atoms with Crippen LogP contribution in [0.2, 0.25) is 0 Å². The van der Waals surface area contributed by atoms with Crippen LogP contribution < -0.4 is 0 Å². The molecule has 8 heteroatoms. The summed E-state index contributed by atoms with van der Waals surface area (Å²) in [6, 6.07) is 13.4. The molecule has 2 aromatic carbocycles. The SMILES string of the molecule is Cc1ccccc1C(=O)O.O=C1C=CC(=O)O1.O=C1OC(=O)c2ccccc21. The van der Waals surface area contributed by atoms with Gasteiger partial charge in [-0.2, -0.15) is 0 Å². The van der Waals surface area contributed by atoms with Crippen LogP contribution in [-0.4, -0.2) is 35.0 Å². The Balaban J connectivity index is 0.000000154. The number of esters is 4. The molecule has 2 heterocycles. The first-order chi connectivity index (χ1) is 13.3. The average molecular weight is 382 g/mol. The van der Waals surface area contributed by atoms with Gasteiger partial charge in [-0.1, -0.05) is 30.3 Å². The summed E-state index contributed by atoms with van der Waals surface area (Å²) in [7, 11) is 0. The number of aryl methyl sites for hydroxylation is 1. The van der Waals surface area contributed by atoms with E-state index in [-0.39, 0.29) is 0 Å². The average Bonchev–Trinajstić information content (AvgIpc) is 3.18. The molecule has 0 aliphatic carbocycles. The molecule has 28 heavy (non-hydrogen) atoms. The summed E-state index contributed by atoms with van der Waals surface area (Å²) in [5.41, 5.74) is 1.90. The molecule has 0 saturated carbocycles.